The first-order chi connectivity index (χ1) is 11.1. The molecule has 1 N–H and O–H groups in total. The Morgan fingerprint density at radius 2 is 1.87 bits per heavy atom. The van der Waals surface area contributed by atoms with Crippen LogP contribution in [0.15, 0.2) is 58.2 Å². The molecule has 0 spiro atoms. The first-order valence-electron chi connectivity index (χ1n) is 6.61. The highest BCUT2D eigenvalue weighted by Gasteiger charge is 2.12. The summed E-state index contributed by atoms with van der Waals surface area (Å²) in [7, 11) is 0. The summed E-state index contributed by atoms with van der Waals surface area (Å²) in [5.74, 6) is 0.859. The molecular formula is C15H11N3O4S. The molecule has 1 aromatic heterocycles. The van der Waals surface area contributed by atoms with Crippen LogP contribution in [-0.4, -0.2) is 20.2 Å². The van der Waals surface area contributed by atoms with Crippen molar-refractivity contribution >= 4 is 17.4 Å². The molecule has 0 atom stereocenters. The fourth-order valence-corrected chi connectivity index (χ4v) is 2.61. The van der Waals surface area contributed by atoms with Crippen LogP contribution in [0.25, 0.3) is 11.5 Å². The van der Waals surface area contributed by atoms with E-state index in [9.17, 15) is 15.2 Å². The second-order valence-corrected chi connectivity index (χ2v) is 5.53. The smallest absolute Gasteiger partial charge is 0.277 e. The molecule has 23 heavy (non-hydrogen) atoms. The molecule has 7 nitrogen and oxygen atoms in total. The highest BCUT2D eigenvalue weighted by molar-refractivity contribution is 7.98. The van der Waals surface area contributed by atoms with E-state index in [0.717, 1.165) is 5.56 Å². The third kappa shape index (κ3) is 3.49. The maximum Gasteiger partial charge on any atom is 0.277 e. The zero-order chi connectivity index (χ0) is 16.2. The molecule has 3 aromatic rings. The molecule has 0 amide bonds. The minimum atomic E-state index is -0.437. The number of aromatic hydroxyl groups is 1. The molecule has 0 fully saturated rings. The number of phenols is 1. The highest BCUT2D eigenvalue weighted by Crippen LogP contribution is 2.30. The van der Waals surface area contributed by atoms with Crippen molar-refractivity contribution in [1.29, 1.82) is 0 Å². The molecule has 116 valence electrons. The van der Waals surface area contributed by atoms with Crippen molar-refractivity contribution in [2.45, 2.75) is 11.0 Å². The van der Waals surface area contributed by atoms with Crippen LogP contribution in [0.1, 0.15) is 5.56 Å². The molecule has 0 saturated carbocycles. The zero-order valence-corrected chi connectivity index (χ0v) is 12.6. The molecule has 0 radical (unpaired) electrons. The van der Waals surface area contributed by atoms with Gasteiger partial charge in [-0.2, -0.15) is 0 Å². The predicted molar refractivity (Wildman–Crippen MR) is 84.1 cm³/mol. The molecule has 1 heterocycles. The average molecular weight is 329 g/mol. The molecule has 0 unspecified atom stereocenters. The summed E-state index contributed by atoms with van der Waals surface area (Å²) in [4.78, 5) is 10.2. The van der Waals surface area contributed by atoms with Crippen LogP contribution >= 0.6 is 11.8 Å². The topological polar surface area (TPSA) is 102 Å². The highest BCUT2D eigenvalue weighted by atomic mass is 32.2. The zero-order valence-electron chi connectivity index (χ0n) is 11.7. The second kappa shape index (κ2) is 6.49. The molecule has 8 heteroatoms. The van der Waals surface area contributed by atoms with Gasteiger partial charge in [-0.05, 0) is 17.7 Å². The molecule has 0 aliphatic rings. The van der Waals surface area contributed by atoms with Gasteiger partial charge in [0, 0.05) is 17.9 Å². The summed E-state index contributed by atoms with van der Waals surface area (Å²) >= 11 is 1.32. The van der Waals surface area contributed by atoms with Gasteiger partial charge >= 0.3 is 0 Å². The first-order valence-corrected chi connectivity index (χ1v) is 7.60. The van der Waals surface area contributed by atoms with E-state index < -0.39 is 4.92 Å². The molecular weight excluding hydrogens is 318 g/mol. The van der Waals surface area contributed by atoms with E-state index in [1.165, 1.54) is 23.9 Å². The quantitative estimate of drug-likeness (QED) is 0.433. The van der Waals surface area contributed by atoms with E-state index in [4.69, 9.17) is 4.42 Å². The largest absolute Gasteiger partial charge is 0.507 e. The number of rotatable bonds is 5. The fraction of sp³-hybridized carbons (Fsp3) is 0.0667. The summed E-state index contributed by atoms with van der Waals surface area (Å²) in [6, 6.07) is 13.0. The van der Waals surface area contributed by atoms with Crippen LogP contribution in [0.4, 0.5) is 5.69 Å². The van der Waals surface area contributed by atoms with Gasteiger partial charge in [0.1, 0.15) is 5.75 Å². The van der Waals surface area contributed by atoms with Crippen molar-refractivity contribution in [3.63, 3.8) is 0 Å². The minimum absolute atomic E-state index is 0.0541. The summed E-state index contributed by atoms with van der Waals surface area (Å²) in [6.45, 7) is 0. The summed E-state index contributed by atoms with van der Waals surface area (Å²) in [5, 5.41) is 28.6. The Balaban J connectivity index is 1.68. The van der Waals surface area contributed by atoms with Gasteiger partial charge in [-0.25, -0.2) is 0 Å². The van der Waals surface area contributed by atoms with Crippen molar-refractivity contribution in [1.82, 2.24) is 10.2 Å². The molecule has 0 aliphatic heterocycles. The number of para-hydroxylation sites is 1. The van der Waals surface area contributed by atoms with E-state index in [0.29, 0.717) is 16.5 Å². The molecule has 0 bridgehead atoms. The number of hydrogen-bond acceptors (Lipinski definition) is 7. The number of aromatic nitrogens is 2. The number of nitro benzene ring substituents is 1. The lowest BCUT2D eigenvalue weighted by Gasteiger charge is -1.99. The lowest BCUT2D eigenvalue weighted by molar-refractivity contribution is -0.384. The first kappa shape index (κ1) is 15.0. The predicted octanol–water partition coefficient (Wildman–Crippen LogP) is 3.64. The lowest BCUT2D eigenvalue weighted by atomic mass is 10.2. The van der Waals surface area contributed by atoms with Gasteiger partial charge in [0.15, 0.2) is 0 Å². The molecule has 0 saturated heterocycles. The van der Waals surface area contributed by atoms with Crippen LogP contribution in [0.2, 0.25) is 0 Å². The van der Waals surface area contributed by atoms with Gasteiger partial charge in [0.2, 0.25) is 0 Å². The fourth-order valence-electron chi connectivity index (χ4n) is 1.89. The molecule has 2 aromatic carbocycles. The number of non-ortho nitro benzene ring substituents is 1. The van der Waals surface area contributed by atoms with Crippen molar-refractivity contribution in [3.05, 3.63) is 64.2 Å². The number of hydrogen-bond donors (Lipinski definition) is 1. The Morgan fingerprint density at radius 3 is 2.57 bits per heavy atom. The van der Waals surface area contributed by atoms with E-state index >= 15 is 0 Å². The number of nitrogens with zero attached hydrogens (tertiary/aromatic N) is 3. The number of benzene rings is 2. The summed E-state index contributed by atoms with van der Waals surface area (Å²) < 4.78 is 5.51. The van der Waals surface area contributed by atoms with Gasteiger partial charge in [-0.1, -0.05) is 36.0 Å². The van der Waals surface area contributed by atoms with Gasteiger partial charge in [0.25, 0.3) is 16.8 Å². The lowest BCUT2D eigenvalue weighted by Crippen LogP contribution is -1.88. The number of nitro groups is 1. The number of phenolic OH excluding ortho intramolecular Hbond substituents is 1. The van der Waals surface area contributed by atoms with Crippen LogP contribution < -0.4 is 0 Å². The van der Waals surface area contributed by atoms with E-state index in [2.05, 4.69) is 10.2 Å². The standard InChI is InChI=1S/C15H11N3O4S/c19-13-4-2-1-3-12(13)14-16-17-15(22-14)23-9-10-5-7-11(8-6-10)18(20)21/h1-8,19H,9H2. The van der Waals surface area contributed by atoms with E-state index in [1.54, 1.807) is 36.4 Å². The van der Waals surface area contributed by atoms with Gasteiger partial charge < -0.3 is 9.52 Å². The Morgan fingerprint density at radius 1 is 1.13 bits per heavy atom. The normalized spacial score (nSPS) is 10.6. The third-order valence-corrected chi connectivity index (χ3v) is 3.94. The van der Waals surface area contributed by atoms with Gasteiger partial charge in [-0.3, -0.25) is 10.1 Å². The van der Waals surface area contributed by atoms with Crippen LogP contribution in [0, 0.1) is 10.1 Å². The molecule has 0 aliphatic carbocycles. The van der Waals surface area contributed by atoms with Crippen molar-refractivity contribution in [2.75, 3.05) is 0 Å². The number of thioether (sulfide) groups is 1. The Labute approximate surface area is 135 Å². The maximum absolute atomic E-state index is 10.6. The average Bonchev–Trinajstić information content (AvgIpc) is 3.02. The monoisotopic (exact) mass is 329 g/mol. The van der Waals surface area contributed by atoms with Crippen molar-refractivity contribution in [2.24, 2.45) is 0 Å². The minimum Gasteiger partial charge on any atom is -0.507 e. The Kier molecular flexibility index (Phi) is 4.24. The Hall–Kier alpha value is -2.87. The summed E-state index contributed by atoms with van der Waals surface area (Å²) in [5.41, 5.74) is 1.43. The van der Waals surface area contributed by atoms with Gasteiger partial charge in [0.05, 0.1) is 10.5 Å². The van der Waals surface area contributed by atoms with Crippen LogP contribution in [0.3, 0.4) is 0 Å². The molecule has 3 rings (SSSR count). The van der Waals surface area contributed by atoms with Gasteiger partial charge in [-0.15, -0.1) is 10.2 Å². The maximum atomic E-state index is 10.6. The SMILES string of the molecule is O=[N+]([O-])c1ccc(CSc2nnc(-c3ccccc3O)o2)cc1. The van der Waals surface area contributed by atoms with Crippen LogP contribution in [0.5, 0.6) is 5.75 Å². The van der Waals surface area contributed by atoms with Crippen molar-refractivity contribution < 1.29 is 14.4 Å². The second-order valence-electron chi connectivity index (χ2n) is 4.60. The van der Waals surface area contributed by atoms with Crippen molar-refractivity contribution in [3.8, 4) is 17.2 Å². The Bertz CT molecular complexity index is 833. The van der Waals surface area contributed by atoms with Crippen LogP contribution in [-0.2, 0) is 5.75 Å². The summed E-state index contributed by atoms with van der Waals surface area (Å²) in [6.07, 6.45) is 0. The van der Waals surface area contributed by atoms with E-state index in [-0.39, 0.29) is 17.3 Å². The third-order valence-electron chi connectivity index (χ3n) is 3.05. The van der Waals surface area contributed by atoms with E-state index in [1.807, 2.05) is 0 Å².